The van der Waals surface area contributed by atoms with Gasteiger partial charge in [0.05, 0.1) is 6.04 Å². The van der Waals surface area contributed by atoms with Crippen molar-refractivity contribution in [2.24, 2.45) is 0 Å². The van der Waals surface area contributed by atoms with E-state index in [-0.39, 0.29) is 10.7 Å². The van der Waals surface area contributed by atoms with Crippen molar-refractivity contribution in [3.63, 3.8) is 0 Å². The zero-order valence-corrected chi connectivity index (χ0v) is 9.67. The number of quaternary nitrogens is 1. The van der Waals surface area contributed by atoms with Gasteiger partial charge in [-0.15, -0.1) is 0 Å². The highest BCUT2D eigenvalue weighted by Crippen LogP contribution is 2.27. The van der Waals surface area contributed by atoms with Gasteiger partial charge in [0.1, 0.15) is 19.2 Å². The molecule has 1 saturated heterocycles. The second-order valence-electron chi connectivity index (χ2n) is 4.86. The molecule has 0 radical (unpaired) electrons. The van der Waals surface area contributed by atoms with Gasteiger partial charge in [-0.05, 0) is 13.3 Å². The number of rotatable bonds is 2. The first kappa shape index (κ1) is 11.6. The smallest absolute Gasteiger partial charge is 0.105 e. The molecule has 0 bridgehead atoms. The highest BCUT2D eigenvalue weighted by Gasteiger charge is 2.33. The summed E-state index contributed by atoms with van der Waals surface area (Å²) < 4.78 is -0.287. The largest absolute Gasteiger partial charge is 0.632 e. The molecular formula is C13H19NO2. The molecule has 1 fully saturated rings. The Bertz CT molecular complexity index is 341. The monoisotopic (exact) mass is 221 g/mol. The molecular weight excluding hydrogens is 202 g/mol. The lowest BCUT2D eigenvalue weighted by atomic mass is 9.99. The second-order valence-corrected chi connectivity index (χ2v) is 4.86. The number of aliphatic hydroxyl groups excluding tert-OH is 1. The summed E-state index contributed by atoms with van der Waals surface area (Å²) in [6.07, 6.45) is 1.15. The third kappa shape index (κ3) is 2.43. The average molecular weight is 221 g/mol. The second kappa shape index (κ2) is 4.53. The van der Waals surface area contributed by atoms with Gasteiger partial charge in [-0.2, -0.15) is 0 Å². The highest BCUT2D eigenvalue weighted by atomic mass is 16.5. The van der Waals surface area contributed by atoms with Crippen LogP contribution < -0.4 is 0 Å². The number of likely N-dealkylation sites (tertiary alicyclic amines) is 1. The number of nitrogens with zero attached hydrogens (tertiary/aromatic N) is 1. The summed E-state index contributed by atoms with van der Waals surface area (Å²) >= 11 is 0. The molecule has 1 aromatic carbocycles. The normalized spacial score (nSPS) is 34.9. The summed E-state index contributed by atoms with van der Waals surface area (Å²) in [5, 5.41) is 22.2. The Balaban J connectivity index is 2.12. The molecule has 16 heavy (non-hydrogen) atoms. The first-order valence-corrected chi connectivity index (χ1v) is 5.90. The van der Waals surface area contributed by atoms with E-state index in [4.69, 9.17) is 0 Å². The van der Waals surface area contributed by atoms with Crippen LogP contribution in [0.1, 0.15) is 25.3 Å². The van der Waals surface area contributed by atoms with Gasteiger partial charge < -0.3 is 15.0 Å². The summed E-state index contributed by atoms with van der Waals surface area (Å²) in [4.78, 5) is 0. The third-order valence-corrected chi connectivity index (χ3v) is 3.53. The van der Waals surface area contributed by atoms with Crippen molar-refractivity contribution in [3.05, 3.63) is 41.1 Å². The Morgan fingerprint density at radius 2 is 2.00 bits per heavy atom. The van der Waals surface area contributed by atoms with E-state index in [1.54, 1.807) is 0 Å². The molecule has 3 heteroatoms. The maximum Gasteiger partial charge on any atom is 0.105 e. The van der Waals surface area contributed by atoms with E-state index >= 15 is 0 Å². The van der Waals surface area contributed by atoms with Gasteiger partial charge in [-0.1, -0.05) is 30.3 Å². The number of piperidine rings is 1. The highest BCUT2D eigenvalue weighted by molar-refractivity contribution is 5.13. The minimum absolute atomic E-state index is 0.0867. The van der Waals surface area contributed by atoms with Crippen LogP contribution in [0.15, 0.2) is 30.3 Å². The minimum atomic E-state index is -0.433. The summed E-state index contributed by atoms with van der Waals surface area (Å²) in [6.45, 7) is 2.79. The Kier molecular flexibility index (Phi) is 3.28. The Morgan fingerprint density at radius 3 is 2.69 bits per heavy atom. The molecule has 1 N–H and O–H groups in total. The van der Waals surface area contributed by atoms with Crippen molar-refractivity contribution in [2.75, 3.05) is 6.54 Å². The van der Waals surface area contributed by atoms with E-state index in [9.17, 15) is 10.3 Å². The van der Waals surface area contributed by atoms with E-state index < -0.39 is 6.10 Å². The van der Waals surface area contributed by atoms with Crippen molar-refractivity contribution < 1.29 is 9.75 Å². The first-order chi connectivity index (χ1) is 7.60. The van der Waals surface area contributed by atoms with Crippen LogP contribution in [-0.4, -0.2) is 28.4 Å². The summed E-state index contributed by atoms with van der Waals surface area (Å²) in [7, 11) is 0. The maximum atomic E-state index is 12.6. The van der Waals surface area contributed by atoms with Crippen LogP contribution >= 0.6 is 0 Å². The molecule has 0 amide bonds. The zero-order valence-electron chi connectivity index (χ0n) is 9.67. The minimum Gasteiger partial charge on any atom is -0.632 e. The van der Waals surface area contributed by atoms with Gasteiger partial charge in [-0.3, -0.25) is 0 Å². The van der Waals surface area contributed by atoms with E-state index in [1.807, 2.05) is 37.3 Å². The van der Waals surface area contributed by atoms with Crippen LogP contribution in [0.25, 0.3) is 0 Å². The van der Waals surface area contributed by atoms with Crippen molar-refractivity contribution in [1.29, 1.82) is 0 Å². The zero-order chi connectivity index (χ0) is 11.6. The quantitative estimate of drug-likeness (QED) is 0.613. The van der Waals surface area contributed by atoms with Crippen LogP contribution in [0.4, 0.5) is 0 Å². The molecule has 0 aromatic heterocycles. The van der Waals surface area contributed by atoms with Gasteiger partial charge in [0, 0.05) is 12.0 Å². The molecule has 0 aliphatic carbocycles. The molecule has 1 aliphatic rings. The van der Waals surface area contributed by atoms with Crippen LogP contribution in [0.3, 0.4) is 0 Å². The topological polar surface area (TPSA) is 43.3 Å². The summed E-state index contributed by atoms with van der Waals surface area (Å²) in [6, 6.07) is 9.90. The van der Waals surface area contributed by atoms with Crippen LogP contribution in [0.2, 0.25) is 0 Å². The SMILES string of the molecule is C[C@H]1CC[C@@H](O)C[N@+]1([O-])Cc1ccccc1. The first-order valence-electron chi connectivity index (χ1n) is 5.90. The summed E-state index contributed by atoms with van der Waals surface area (Å²) in [5.74, 6) is 0. The number of hydrogen-bond acceptors (Lipinski definition) is 2. The van der Waals surface area contributed by atoms with E-state index in [0.717, 1.165) is 18.4 Å². The molecule has 3 nitrogen and oxygen atoms in total. The number of benzene rings is 1. The van der Waals surface area contributed by atoms with Crippen molar-refractivity contribution >= 4 is 0 Å². The predicted molar refractivity (Wildman–Crippen MR) is 63.3 cm³/mol. The molecule has 1 aromatic rings. The lowest BCUT2D eigenvalue weighted by Gasteiger charge is -2.51. The molecule has 1 heterocycles. The van der Waals surface area contributed by atoms with Gasteiger partial charge in [0.2, 0.25) is 0 Å². The molecule has 0 spiro atoms. The average Bonchev–Trinajstić information content (AvgIpc) is 2.25. The van der Waals surface area contributed by atoms with Crippen molar-refractivity contribution in [1.82, 2.24) is 0 Å². The van der Waals surface area contributed by atoms with Gasteiger partial charge in [0.15, 0.2) is 0 Å². The molecule has 0 unspecified atom stereocenters. The van der Waals surface area contributed by atoms with Gasteiger partial charge in [-0.25, -0.2) is 0 Å². The van der Waals surface area contributed by atoms with E-state index in [1.165, 1.54) is 0 Å². The lowest BCUT2D eigenvalue weighted by molar-refractivity contribution is -0.924. The van der Waals surface area contributed by atoms with Crippen molar-refractivity contribution in [2.45, 2.75) is 38.5 Å². The number of hydrogen-bond donors (Lipinski definition) is 1. The van der Waals surface area contributed by atoms with E-state index in [0.29, 0.717) is 13.1 Å². The van der Waals surface area contributed by atoms with Crippen LogP contribution in [0, 0.1) is 5.21 Å². The molecule has 2 rings (SSSR count). The van der Waals surface area contributed by atoms with Crippen molar-refractivity contribution in [3.8, 4) is 0 Å². The number of aliphatic hydroxyl groups is 1. The number of hydroxylamine groups is 3. The standard InChI is InChI=1S/C13H19NO2/c1-11-7-8-13(15)10-14(11,16)9-12-5-3-2-4-6-12/h2-6,11,13,15H,7-10H2,1H3/t11-,13+,14+/m0/s1. The van der Waals surface area contributed by atoms with Gasteiger partial charge in [0.25, 0.3) is 0 Å². The van der Waals surface area contributed by atoms with Crippen LogP contribution in [-0.2, 0) is 6.54 Å². The third-order valence-electron chi connectivity index (χ3n) is 3.53. The molecule has 0 saturated carbocycles. The van der Waals surface area contributed by atoms with Gasteiger partial charge >= 0.3 is 0 Å². The Labute approximate surface area is 96.5 Å². The molecule has 1 aliphatic heterocycles. The van der Waals surface area contributed by atoms with E-state index in [2.05, 4.69) is 0 Å². The lowest BCUT2D eigenvalue weighted by Crippen LogP contribution is -2.55. The maximum absolute atomic E-state index is 12.6. The Morgan fingerprint density at radius 1 is 1.31 bits per heavy atom. The molecule has 88 valence electrons. The summed E-state index contributed by atoms with van der Waals surface area (Å²) in [5.41, 5.74) is 1.05. The predicted octanol–water partition coefficient (Wildman–Crippen LogP) is 2.04. The Hall–Kier alpha value is -0.900. The fraction of sp³-hybridized carbons (Fsp3) is 0.538. The fourth-order valence-electron chi connectivity index (χ4n) is 2.41. The fourth-order valence-corrected chi connectivity index (χ4v) is 2.41. The molecule has 3 atom stereocenters. The van der Waals surface area contributed by atoms with Crippen LogP contribution in [0.5, 0.6) is 0 Å².